The lowest BCUT2D eigenvalue weighted by Gasteiger charge is -2.18. The van der Waals surface area contributed by atoms with Gasteiger partial charge in [0.2, 0.25) is 0 Å². The molecule has 3 aromatic rings. The number of nitrogens with two attached hydrogens (primary N) is 1. The van der Waals surface area contributed by atoms with Crippen LogP contribution in [0.5, 0.6) is 0 Å². The molecule has 1 aromatic heterocycles. The van der Waals surface area contributed by atoms with Gasteiger partial charge in [0.25, 0.3) is 11.5 Å². The molecule has 0 bridgehead atoms. The quantitative estimate of drug-likeness (QED) is 0.764. The second-order valence-corrected chi connectivity index (χ2v) is 6.46. The number of nitrogens with one attached hydrogen (secondary N) is 1. The Kier molecular flexibility index (Phi) is 4.14. The van der Waals surface area contributed by atoms with Crippen molar-refractivity contribution >= 4 is 5.91 Å². The Hall–Kier alpha value is -3.18. The summed E-state index contributed by atoms with van der Waals surface area (Å²) < 4.78 is 1.53. The van der Waals surface area contributed by atoms with Crippen LogP contribution >= 0.6 is 0 Å². The number of aromatic nitrogens is 1. The number of carbonyl (C=O) groups excluding carboxylic acids is 1. The summed E-state index contributed by atoms with van der Waals surface area (Å²) in [5.74, 6) is -0.162. The van der Waals surface area contributed by atoms with E-state index in [2.05, 4.69) is 5.32 Å². The zero-order chi connectivity index (χ0) is 18.1. The highest BCUT2D eigenvalue weighted by Crippen LogP contribution is 2.29. The van der Waals surface area contributed by atoms with E-state index in [9.17, 15) is 9.59 Å². The average molecular weight is 345 g/mol. The summed E-state index contributed by atoms with van der Waals surface area (Å²) in [6.45, 7) is 0. The van der Waals surface area contributed by atoms with Crippen LogP contribution in [0.2, 0.25) is 0 Å². The van der Waals surface area contributed by atoms with E-state index < -0.39 is 0 Å². The van der Waals surface area contributed by atoms with Gasteiger partial charge >= 0.3 is 0 Å². The van der Waals surface area contributed by atoms with Gasteiger partial charge in [-0.25, -0.2) is 0 Å². The number of hydrogen-bond donors (Lipinski definition) is 2. The Morgan fingerprint density at radius 3 is 2.46 bits per heavy atom. The van der Waals surface area contributed by atoms with Crippen molar-refractivity contribution in [1.82, 2.24) is 9.88 Å². The van der Waals surface area contributed by atoms with Gasteiger partial charge < -0.3 is 11.1 Å². The minimum atomic E-state index is -0.197. The van der Waals surface area contributed by atoms with Crippen molar-refractivity contribution in [1.29, 1.82) is 0 Å². The Morgan fingerprint density at radius 2 is 1.73 bits per heavy atom. The first kappa shape index (κ1) is 16.3. The maximum Gasteiger partial charge on any atom is 0.255 e. The molecule has 0 saturated heterocycles. The summed E-state index contributed by atoms with van der Waals surface area (Å²) >= 11 is 0. The second kappa shape index (κ2) is 6.61. The minimum Gasteiger partial charge on any atom is -0.347 e. The molecule has 1 amide bonds. The van der Waals surface area contributed by atoms with Gasteiger partial charge in [0.05, 0.1) is 12.1 Å². The van der Waals surface area contributed by atoms with E-state index in [1.165, 1.54) is 16.2 Å². The van der Waals surface area contributed by atoms with E-state index in [1.807, 2.05) is 24.3 Å². The molecule has 2 aromatic carbocycles. The van der Waals surface area contributed by atoms with E-state index >= 15 is 0 Å². The Bertz CT molecular complexity index is 1010. The van der Waals surface area contributed by atoms with Gasteiger partial charge in [-0.1, -0.05) is 30.3 Å². The predicted molar refractivity (Wildman–Crippen MR) is 100 cm³/mol. The third-order valence-electron chi connectivity index (χ3n) is 4.83. The van der Waals surface area contributed by atoms with Gasteiger partial charge in [0.15, 0.2) is 0 Å². The SMILES string of the molecule is NC1c2ccccc2CC1NC(=O)c1ccc(-n2ccccc2=O)cc1. The topological polar surface area (TPSA) is 77.1 Å². The lowest BCUT2D eigenvalue weighted by atomic mass is 10.1. The van der Waals surface area contributed by atoms with E-state index in [0.717, 1.165) is 17.7 Å². The number of amides is 1. The summed E-state index contributed by atoms with van der Waals surface area (Å²) in [6.07, 6.45) is 2.44. The third-order valence-corrected chi connectivity index (χ3v) is 4.83. The van der Waals surface area contributed by atoms with Crippen LogP contribution in [0.1, 0.15) is 27.5 Å². The van der Waals surface area contributed by atoms with Gasteiger partial charge in [0.1, 0.15) is 0 Å². The molecule has 0 spiro atoms. The summed E-state index contributed by atoms with van der Waals surface area (Å²) in [7, 11) is 0. The van der Waals surface area contributed by atoms with Crippen LogP contribution in [0.15, 0.2) is 77.7 Å². The maximum absolute atomic E-state index is 12.6. The monoisotopic (exact) mass is 345 g/mol. The van der Waals surface area contributed by atoms with Gasteiger partial charge in [-0.3, -0.25) is 14.2 Å². The number of benzene rings is 2. The lowest BCUT2D eigenvalue weighted by Crippen LogP contribution is -2.40. The molecule has 26 heavy (non-hydrogen) atoms. The van der Waals surface area contributed by atoms with Crippen molar-refractivity contribution in [2.24, 2.45) is 5.73 Å². The van der Waals surface area contributed by atoms with Crippen molar-refractivity contribution in [3.05, 3.63) is 100.0 Å². The largest absolute Gasteiger partial charge is 0.347 e. The molecular formula is C21H19N3O2. The number of pyridine rings is 1. The molecule has 5 heteroatoms. The van der Waals surface area contributed by atoms with E-state index in [0.29, 0.717) is 5.56 Å². The standard InChI is InChI=1S/C21H19N3O2/c22-20-17-6-2-1-5-15(17)13-18(20)23-21(26)14-8-10-16(11-9-14)24-12-4-3-7-19(24)25/h1-12,18,20H,13,22H2,(H,23,26). The molecule has 130 valence electrons. The summed E-state index contributed by atoms with van der Waals surface area (Å²) in [4.78, 5) is 24.5. The maximum atomic E-state index is 12.6. The number of nitrogens with zero attached hydrogens (tertiary/aromatic N) is 1. The third kappa shape index (κ3) is 2.93. The molecule has 1 aliphatic rings. The molecule has 2 unspecified atom stereocenters. The first-order valence-corrected chi connectivity index (χ1v) is 8.56. The molecule has 4 rings (SSSR count). The van der Waals surface area contributed by atoms with Crippen LogP contribution in [0.25, 0.3) is 5.69 Å². The Labute approximate surface area is 151 Å². The lowest BCUT2D eigenvalue weighted by molar-refractivity contribution is 0.0933. The first-order chi connectivity index (χ1) is 12.6. The summed E-state index contributed by atoms with van der Waals surface area (Å²) in [6, 6.07) is 19.7. The molecule has 3 N–H and O–H groups in total. The minimum absolute atomic E-state index is 0.112. The fourth-order valence-electron chi connectivity index (χ4n) is 3.43. The van der Waals surface area contributed by atoms with Gasteiger partial charge in [-0.05, 0) is 47.9 Å². The molecule has 0 fully saturated rings. The van der Waals surface area contributed by atoms with Gasteiger partial charge in [0, 0.05) is 23.5 Å². The van der Waals surface area contributed by atoms with Gasteiger partial charge in [-0.15, -0.1) is 0 Å². The normalized spacial score (nSPS) is 18.3. The van der Waals surface area contributed by atoms with Crippen molar-refractivity contribution in [2.75, 3.05) is 0 Å². The highest BCUT2D eigenvalue weighted by atomic mass is 16.1. The molecule has 1 heterocycles. The zero-order valence-corrected chi connectivity index (χ0v) is 14.1. The highest BCUT2D eigenvalue weighted by Gasteiger charge is 2.30. The number of carbonyl (C=O) groups is 1. The number of rotatable bonds is 3. The predicted octanol–water partition coefficient (Wildman–Crippen LogP) is 2.19. The fourth-order valence-corrected chi connectivity index (χ4v) is 3.43. The Balaban J connectivity index is 1.50. The zero-order valence-electron chi connectivity index (χ0n) is 14.1. The molecular weight excluding hydrogens is 326 g/mol. The number of hydrogen-bond acceptors (Lipinski definition) is 3. The molecule has 5 nitrogen and oxygen atoms in total. The van der Waals surface area contributed by atoms with Gasteiger partial charge in [-0.2, -0.15) is 0 Å². The molecule has 2 atom stereocenters. The second-order valence-electron chi connectivity index (χ2n) is 6.46. The van der Waals surface area contributed by atoms with Crippen LogP contribution in [-0.4, -0.2) is 16.5 Å². The molecule has 0 aliphatic heterocycles. The average Bonchev–Trinajstić information content (AvgIpc) is 2.98. The van der Waals surface area contributed by atoms with Crippen molar-refractivity contribution in [3.63, 3.8) is 0 Å². The molecule has 0 saturated carbocycles. The molecule has 0 radical (unpaired) electrons. The fraction of sp³-hybridized carbons (Fsp3) is 0.143. The smallest absolute Gasteiger partial charge is 0.255 e. The Morgan fingerprint density at radius 1 is 1.00 bits per heavy atom. The van der Waals surface area contributed by atoms with E-state index in [1.54, 1.807) is 42.6 Å². The van der Waals surface area contributed by atoms with Crippen molar-refractivity contribution < 1.29 is 4.79 Å². The van der Waals surface area contributed by atoms with Crippen LogP contribution in [0.3, 0.4) is 0 Å². The van der Waals surface area contributed by atoms with Crippen LogP contribution in [0, 0.1) is 0 Å². The van der Waals surface area contributed by atoms with E-state index in [4.69, 9.17) is 5.73 Å². The van der Waals surface area contributed by atoms with Crippen LogP contribution < -0.4 is 16.6 Å². The number of fused-ring (bicyclic) bond motifs is 1. The summed E-state index contributed by atoms with van der Waals surface area (Å²) in [5.41, 5.74) is 9.71. The van der Waals surface area contributed by atoms with Crippen molar-refractivity contribution in [3.8, 4) is 5.69 Å². The van der Waals surface area contributed by atoms with Crippen LogP contribution in [0.4, 0.5) is 0 Å². The first-order valence-electron chi connectivity index (χ1n) is 8.56. The molecule has 1 aliphatic carbocycles. The summed E-state index contributed by atoms with van der Waals surface area (Å²) in [5, 5.41) is 3.03. The highest BCUT2D eigenvalue weighted by molar-refractivity contribution is 5.94. The van der Waals surface area contributed by atoms with E-state index in [-0.39, 0.29) is 23.6 Å². The van der Waals surface area contributed by atoms with Crippen LogP contribution in [-0.2, 0) is 6.42 Å². The van der Waals surface area contributed by atoms with Crippen molar-refractivity contribution in [2.45, 2.75) is 18.5 Å².